The average Bonchev–Trinajstić information content (AvgIpc) is 3.08. The van der Waals surface area contributed by atoms with Crippen LogP contribution in [0.2, 0.25) is 0 Å². The summed E-state index contributed by atoms with van der Waals surface area (Å²) in [7, 11) is 0. The number of hydrogen-bond donors (Lipinski definition) is 2. The molecule has 2 aromatic rings. The van der Waals surface area contributed by atoms with E-state index in [1.807, 2.05) is 17.0 Å². The highest BCUT2D eigenvalue weighted by Gasteiger charge is 2.29. The number of rotatable bonds is 4. The van der Waals surface area contributed by atoms with Crippen molar-refractivity contribution in [3.05, 3.63) is 52.0 Å². The highest BCUT2D eigenvalue weighted by atomic mass is 32.1. The number of urea groups is 1. The van der Waals surface area contributed by atoms with Crippen LogP contribution in [-0.4, -0.2) is 17.6 Å². The van der Waals surface area contributed by atoms with Crippen LogP contribution in [0.5, 0.6) is 0 Å². The Kier molecular flexibility index (Phi) is 4.20. The van der Waals surface area contributed by atoms with Gasteiger partial charge in [0.25, 0.3) is 0 Å². The number of carbonyl (C=O) groups excluding carboxylic acids is 1. The van der Waals surface area contributed by atoms with Crippen molar-refractivity contribution in [1.82, 2.24) is 15.6 Å². The highest BCUT2D eigenvalue weighted by molar-refractivity contribution is 7.07. The van der Waals surface area contributed by atoms with Crippen LogP contribution < -0.4 is 10.6 Å². The molecule has 2 atom stereocenters. The fourth-order valence-electron chi connectivity index (χ4n) is 2.87. The summed E-state index contributed by atoms with van der Waals surface area (Å²) >= 11 is 1.58. The van der Waals surface area contributed by atoms with E-state index in [4.69, 9.17) is 0 Å². The molecule has 4 nitrogen and oxygen atoms in total. The van der Waals surface area contributed by atoms with Gasteiger partial charge in [-0.1, -0.05) is 31.2 Å². The van der Waals surface area contributed by atoms with Gasteiger partial charge in [0, 0.05) is 18.3 Å². The number of fused-ring (bicyclic) bond motifs is 1. The van der Waals surface area contributed by atoms with Gasteiger partial charge >= 0.3 is 6.03 Å². The highest BCUT2D eigenvalue weighted by Crippen LogP contribution is 2.35. The van der Waals surface area contributed by atoms with Crippen molar-refractivity contribution in [2.24, 2.45) is 5.92 Å². The van der Waals surface area contributed by atoms with Crippen molar-refractivity contribution in [2.75, 3.05) is 6.54 Å². The monoisotopic (exact) mass is 301 g/mol. The Morgan fingerprint density at radius 2 is 2.29 bits per heavy atom. The molecule has 1 heterocycles. The van der Waals surface area contributed by atoms with Crippen molar-refractivity contribution in [2.45, 2.75) is 25.8 Å². The van der Waals surface area contributed by atoms with Crippen LogP contribution in [0.25, 0.3) is 0 Å². The number of amides is 2. The van der Waals surface area contributed by atoms with E-state index in [0.29, 0.717) is 12.5 Å². The Bertz CT molecular complexity index is 612. The van der Waals surface area contributed by atoms with Crippen LogP contribution in [0.3, 0.4) is 0 Å². The van der Waals surface area contributed by atoms with Crippen molar-refractivity contribution < 1.29 is 4.79 Å². The van der Waals surface area contributed by atoms with Crippen molar-refractivity contribution in [3.8, 4) is 0 Å². The van der Waals surface area contributed by atoms with Gasteiger partial charge < -0.3 is 10.6 Å². The molecule has 0 aliphatic heterocycles. The summed E-state index contributed by atoms with van der Waals surface area (Å²) in [4.78, 5) is 16.2. The number of aromatic nitrogens is 1. The summed E-state index contributed by atoms with van der Waals surface area (Å²) in [6, 6.07) is 8.36. The molecule has 3 rings (SSSR count). The van der Waals surface area contributed by atoms with Crippen molar-refractivity contribution in [3.63, 3.8) is 0 Å². The summed E-state index contributed by atoms with van der Waals surface area (Å²) in [6.45, 7) is 2.79. The Balaban J connectivity index is 1.53. The zero-order valence-electron chi connectivity index (χ0n) is 12.0. The van der Waals surface area contributed by atoms with Gasteiger partial charge in [0.1, 0.15) is 0 Å². The molecule has 1 aromatic carbocycles. The lowest BCUT2D eigenvalue weighted by molar-refractivity contribution is 0.233. The standard InChI is InChI=1S/C16H19N3OS/c1-11-8-12-4-2-3-5-14(12)15(11)19-16(20)17-7-6-13-9-21-10-18-13/h2-5,9-11,15H,6-8H2,1H3,(H2,17,19,20)/t11-,15+/m1/s1. The third kappa shape index (κ3) is 3.24. The molecule has 21 heavy (non-hydrogen) atoms. The number of carbonyl (C=O) groups is 1. The largest absolute Gasteiger partial charge is 0.338 e. The summed E-state index contributed by atoms with van der Waals surface area (Å²) in [6.07, 6.45) is 1.80. The molecule has 1 aliphatic carbocycles. The molecular weight excluding hydrogens is 282 g/mol. The second-order valence-corrected chi connectivity index (χ2v) is 6.21. The molecular formula is C16H19N3OS. The minimum absolute atomic E-state index is 0.0983. The lowest BCUT2D eigenvalue weighted by Crippen LogP contribution is -2.39. The molecule has 0 radical (unpaired) electrons. The topological polar surface area (TPSA) is 54.0 Å². The molecule has 110 valence electrons. The summed E-state index contributed by atoms with van der Waals surface area (Å²) in [5, 5.41) is 8.02. The summed E-state index contributed by atoms with van der Waals surface area (Å²) in [5.74, 6) is 0.437. The molecule has 0 bridgehead atoms. The molecule has 0 fully saturated rings. The minimum Gasteiger partial charge on any atom is -0.338 e. The van der Waals surface area contributed by atoms with E-state index in [-0.39, 0.29) is 12.1 Å². The molecule has 1 aromatic heterocycles. The number of hydrogen-bond acceptors (Lipinski definition) is 3. The summed E-state index contributed by atoms with van der Waals surface area (Å²) in [5.41, 5.74) is 5.43. The molecule has 2 amide bonds. The Hall–Kier alpha value is -1.88. The molecule has 5 heteroatoms. The first kappa shape index (κ1) is 14.1. The van der Waals surface area contributed by atoms with Crippen LogP contribution in [0.4, 0.5) is 4.79 Å². The maximum absolute atomic E-state index is 12.0. The second kappa shape index (κ2) is 6.26. The van der Waals surface area contributed by atoms with E-state index in [0.717, 1.165) is 18.5 Å². The summed E-state index contributed by atoms with van der Waals surface area (Å²) < 4.78 is 0. The maximum atomic E-state index is 12.0. The molecule has 0 saturated heterocycles. The Morgan fingerprint density at radius 3 is 3.10 bits per heavy atom. The number of nitrogens with one attached hydrogen (secondary N) is 2. The first-order chi connectivity index (χ1) is 10.2. The molecule has 1 aliphatic rings. The third-order valence-corrected chi connectivity index (χ3v) is 4.57. The van der Waals surface area contributed by atoms with Gasteiger partial charge in [-0.2, -0.15) is 0 Å². The zero-order chi connectivity index (χ0) is 14.7. The maximum Gasteiger partial charge on any atom is 0.315 e. The van der Waals surface area contributed by atoms with E-state index in [1.54, 1.807) is 11.3 Å². The molecule has 2 N–H and O–H groups in total. The van der Waals surface area contributed by atoms with Crippen molar-refractivity contribution >= 4 is 17.4 Å². The fourth-order valence-corrected chi connectivity index (χ4v) is 3.47. The quantitative estimate of drug-likeness (QED) is 0.912. The van der Waals surface area contributed by atoms with E-state index < -0.39 is 0 Å². The van der Waals surface area contributed by atoms with E-state index in [9.17, 15) is 4.79 Å². The average molecular weight is 301 g/mol. The smallest absolute Gasteiger partial charge is 0.315 e. The van der Waals surface area contributed by atoms with Crippen LogP contribution in [0, 0.1) is 5.92 Å². The number of benzene rings is 1. The number of nitrogens with zero attached hydrogens (tertiary/aromatic N) is 1. The van der Waals surface area contributed by atoms with E-state index in [2.05, 4.69) is 40.7 Å². The fraction of sp³-hybridized carbons (Fsp3) is 0.375. The van der Waals surface area contributed by atoms with Gasteiger partial charge in [-0.05, 0) is 23.5 Å². The zero-order valence-corrected chi connectivity index (χ0v) is 12.8. The SMILES string of the molecule is C[C@@H]1Cc2ccccc2[C@H]1NC(=O)NCCc1cscn1. The minimum atomic E-state index is -0.0983. The predicted octanol–water partition coefficient (Wildman–Crippen LogP) is 2.92. The van der Waals surface area contributed by atoms with Gasteiger partial charge in [-0.25, -0.2) is 9.78 Å². The van der Waals surface area contributed by atoms with Crippen LogP contribution in [-0.2, 0) is 12.8 Å². The predicted molar refractivity (Wildman–Crippen MR) is 84.4 cm³/mol. The van der Waals surface area contributed by atoms with Crippen LogP contribution in [0.15, 0.2) is 35.2 Å². The van der Waals surface area contributed by atoms with Gasteiger partial charge in [0.05, 0.1) is 17.2 Å². The number of thiazole rings is 1. The normalized spacial score (nSPS) is 20.0. The van der Waals surface area contributed by atoms with E-state index >= 15 is 0 Å². The lowest BCUT2D eigenvalue weighted by atomic mass is 10.0. The molecule has 0 saturated carbocycles. The van der Waals surface area contributed by atoms with Gasteiger partial charge in [-0.15, -0.1) is 11.3 Å². The Morgan fingerprint density at radius 1 is 1.43 bits per heavy atom. The third-order valence-electron chi connectivity index (χ3n) is 3.94. The lowest BCUT2D eigenvalue weighted by Gasteiger charge is -2.19. The van der Waals surface area contributed by atoms with Crippen molar-refractivity contribution in [1.29, 1.82) is 0 Å². The molecule has 0 unspecified atom stereocenters. The second-order valence-electron chi connectivity index (χ2n) is 5.49. The van der Waals surface area contributed by atoms with Gasteiger partial charge in [0.2, 0.25) is 0 Å². The van der Waals surface area contributed by atoms with Gasteiger partial charge in [0.15, 0.2) is 0 Å². The first-order valence-electron chi connectivity index (χ1n) is 7.23. The van der Waals surface area contributed by atoms with Gasteiger partial charge in [-0.3, -0.25) is 0 Å². The van der Waals surface area contributed by atoms with E-state index in [1.165, 1.54) is 11.1 Å². The first-order valence-corrected chi connectivity index (χ1v) is 8.17. The van der Waals surface area contributed by atoms with Crippen LogP contribution >= 0.6 is 11.3 Å². The Labute approximate surface area is 128 Å². The molecule has 0 spiro atoms. The van der Waals surface area contributed by atoms with Crippen LogP contribution in [0.1, 0.15) is 29.8 Å².